The fourth-order valence-electron chi connectivity index (χ4n) is 5.62. The molecule has 1 aromatic heterocycles. The second-order valence-electron chi connectivity index (χ2n) is 10.8. The zero-order chi connectivity index (χ0) is 23.0. The van der Waals surface area contributed by atoms with Crippen molar-refractivity contribution in [2.45, 2.75) is 76.8 Å². The van der Waals surface area contributed by atoms with Crippen molar-refractivity contribution in [3.63, 3.8) is 0 Å². The normalized spacial score (nSPS) is 26.3. The van der Waals surface area contributed by atoms with Gasteiger partial charge in [0.05, 0.1) is 12.6 Å². The Balaban J connectivity index is 1.26. The number of likely N-dealkylation sites (tertiary alicyclic amines) is 2. The molecule has 0 aromatic carbocycles. The van der Waals surface area contributed by atoms with Gasteiger partial charge in [0.2, 0.25) is 23.6 Å². The van der Waals surface area contributed by atoms with Gasteiger partial charge in [-0.05, 0) is 50.4 Å². The second-order valence-corrected chi connectivity index (χ2v) is 10.8. The number of carbonyl (C=O) groups is 2. The van der Waals surface area contributed by atoms with Gasteiger partial charge in [-0.15, -0.1) is 10.2 Å². The molecule has 9 heteroatoms. The van der Waals surface area contributed by atoms with Gasteiger partial charge >= 0.3 is 0 Å². The van der Waals surface area contributed by atoms with Crippen LogP contribution in [0.4, 0.5) is 0 Å². The van der Waals surface area contributed by atoms with Crippen molar-refractivity contribution < 1.29 is 18.7 Å². The summed E-state index contributed by atoms with van der Waals surface area (Å²) in [7, 11) is 0. The van der Waals surface area contributed by atoms with Crippen molar-refractivity contribution in [3.05, 3.63) is 11.8 Å². The average molecular weight is 460 g/mol. The molecule has 2 amide bonds. The van der Waals surface area contributed by atoms with Crippen molar-refractivity contribution in [2.75, 3.05) is 39.4 Å². The number of piperidine rings is 1. The van der Waals surface area contributed by atoms with Crippen LogP contribution in [-0.2, 0) is 14.3 Å². The molecule has 0 bridgehead atoms. The molecule has 3 saturated heterocycles. The largest absolute Gasteiger partial charge is 0.423 e. The van der Waals surface area contributed by atoms with Gasteiger partial charge in [-0.3, -0.25) is 14.5 Å². The molecular formula is C24H37N5O4. The van der Waals surface area contributed by atoms with Crippen molar-refractivity contribution >= 4 is 11.8 Å². The van der Waals surface area contributed by atoms with E-state index in [0.29, 0.717) is 43.5 Å². The molecule has 0 radical (unpaired) electrons. The molecular weight excluding hydrogens is 422 g/mol. The zero-order valence-electron chi connectivity index (χ0n) is 19.9. The quantitative estimate of drug-likeness (QED) is 0.696. The monoisotopic (exact) mass is 459 g/mol. The summed E-state index contributed by atoms with van der Waals surface area (Å²) < 4.78 is 11.5. The topological polar surface area (TPSA) is 101 Å². The maximum absolute atomic E-state index is 13.0. The molecule has 5 rings (SSSR count). The van der Waals surface area contributed by atoms with Crippen LogP contribution >= 0.6 is 0 Å². The first-order valence-electron chi connectivity index (χ1n) is 12.7. The summed E-state index contributed by atoms with van der Waals surface area (Å²) in [4.78, 5) is 29.9. The van der Waals surface area contributed by atoms with E-state index in [1.807, 2.05) is 13.8 Å². The van der Waals surface area contributed by atoms with Crippen LogP contribution in [0.1, 0.15) is 82.5 Å². The van der Waals surface area contributed by atoms with Crippen molar-refractivity contribution in [1.82, 2.24) is 25.3 Å². The van der Waals surface area contributed by atoms with Crippen LogP contribution in [0.15, 0.2) is 4.42 Å². The first-order chi connectivity index (χ1) is 15.9. The van der Waals surface area contributed by atoms with E-state index in [-0.39, 0.29) is 29.2 Å². The van der Waals surface area contributed by atoms with Gasteiger partial charge in [0.1, 0.15) is 0 Å². The highest BCUT2D eigenvalue weighted by Crippen LogP contribution is 2.49. The van der Waals surface area contributed by atoms with Crippen LogP contribution < -0.4 is 5.32 Å². The van der Waals surface area contributed by atoms with Crippen LogP contribution in [0.25, 0.3) is 0 Å². The summed E-state index contributed by atoms with van der Waals surface area (Å²) in [5, 5.41) is 11.7. The average Bonchev–Trinajstić information content (AvgIpc) is 3.36. The van der Waals surface area contributed by atoms with Gasteiger partial charge in [0, 0.05) is 50.7 Å². The molecule has 1 unspecified atom stereocenters. The number of hydrogen-bond acceptors (Lipinski definition) is 7. The third-order valence-electron chi connectivity index (χ3n) is 7.84. The van der Waals surface area contributed by atoms with Gasteiger partial charge in [-0.1, -0.05) is 13.8 Å². The molecule has 182 valence electrons. The zero-order valence-corrected chi connectivity index (χ0v) is 19.9. The van der Waals surface area contributed by atoms with Crippen molar-refractivity contribution in [2.24, 2.45) is 11.3 Å². The molecule has 1 spiro atoms. The predicted octanol–water partition coefficient (Wildman–Crippen LogP) is 2.25. The Hall–Kier alpha value is -2.00. The van der Waals surface area contributed by atoms with E-state index in [1.165, 1.54) is 0 Å². The van der Waals surface area contributed by atoms with Crippen LogP contribution in [0, 0.1) is 11.3 Å². The SMILES string of the molecule is CC(C)c1nnc(C2CC3(CCN(C(=O)C4CCOCC4)CC3)CN2CC(=O)NC2CC2)o1. The summed E-state index contributed by atoms with van der Waals surface area (Å²) in [5.74, 6) is 1.92. The van der Waals surface area contributed by atoms with Gasteiger partial charge in [-0.25, -0.2) is 0 Å². The van der Waals surface area contributed by atoms with E-state index in [0.717, 1.165) is 64.6 Å². The molecule has 3 aliphatic heterocycles. The van der Waals surface area contributed by atoms with E-state index in [4.69, 9.17) is 9.15 Å². The molecule has 33 heavy (non-hydrogen) atoms. The highest BCUT2D eigenvalue weighted by molar-refractivity contribution is 5.79. The third kappa shape index (κ3) is 5.09. The highest BCUT2D eigenvalue weighted by Gasteiger charge is 2.49. The smallest absolute Gasteiger partial charge is 0.234 e. The number of aromatic nitrogens is 2. The molecule has 4 aliphatic rings. The number of carbonyl (C=O) groups excluding carboxylic acids is 2. The van der Waals surface area contributed by atoms with E-state index in [1.54, 1.807) is 0 Å². The lowest BCUT2D eigenvalue weighted by atomic mass is 9.76. The first kappa shape index (κ1) is 22.8. The Morgan fingerprint density at radius 2 is 1.85 bits per heavy atom. The van der Waals surface area contributed by atoms with E-state index in [9.17, 15) is 9.59 Å². The molecule has 1 N–H and O–H groups in total. The summed E-state index contributed by atoms with van der Waals surface area (Å²) in [5.41, 5.74) is 0.0729. The van der Waals surface area contributed by atoms with E-state index in [2.05, 4.69) is 25.3 Å². The van der Waals surface area contributed by atoms with Crippen LogP contribution in [0.2, 0.25) is 0 Å². The Kier molecular flexibility index (Phi) is 6.44. The van der Waals surface area contributed by atoms with Crippen LogP contribution in [0.5, 0.6) is 0 Å². The maximum Gasteiger partial charge on any atom is 0.234 e. The lowest BCUT2D eigenvalue weighted by Crippen LogP contribution is -2.47. The number of hydrogen-bond donors (Lipinski definition) is 1. The molecule has 1 atom stereocenters. The third-order valence-corrected chi connectivity index (χ3v) is 7.84. The fraction of sp³-hybridized carbons (Fsp3) is 0.833. The van der Waals surface area contributed by atoms with Crippen molar-refractivity contribution in [3.8, 4) is 0 Å². The van der Waals surface area contributed by atoms with Gasteiger partial charge in [0.15, 0.2) is 0 Å². The standard InChI is InChI=1S/C24H37N5O4/c1-16(2)21-26-27-22(33-21)19-13-24(15-29(19)14-20(30)25-18-3-4-18)7-9-28(10-8-24)23(31)17-5-11-32-12-6-17/h16-19H,3-15H2,1-2H3,(H,25,30). The van der Waals surface area contributed by atoms with Crippen LogP contribution in [-0.4, -0.2) is 77.2 Å². The minimum atomic E-state index is -0.0484. The molecule has 4 heterocycles. The van der Waals surface area contributed by atoms with Gasteiger partial charge in [0.25, 0.3) is 0 Å². The molecule has 1 aromatic rings. The number of rotatable bonds is 6. The van der Waals surface area contributed by atoms with E-state index < -0.39 is 0 Å². The first-order valence-corrected chi connectivity index (χ1v) is 12.7. The Morgan fingerprint density at radius 3 is 2.48 bits per heavy atom. The minimum Gasteiger partial charge on any atom is -0.423 e. The van der Waals surface area contributed by atoms with Crippen LogP contribution in [0.3, 0.4) is 0 Å². The summed E-state index contributed by atoms with van der Waals surface area (Å²) in [6, 6.07) is 0.301. The summed E-state index contributed by atoms with van der Waals surface area (Å²) >= 11 is 0. The number of amides is 2. The predicted molar refractivity (Wildman–Crippen MR) is 120 cm³/mol. The Morgan fingerprint density at radius 1 is 1.12 bits per heavy atom. The highest BCUT2D eigenvalue weighted by atomic mass is 16.5. The Labute approximate surface area is 195 Å². The molecule has 1 aliphatic carbocycles. The lowest BCUT2D eigenvalue weighted by Gasteiger charge is -2.41. The second kappa shape index (κ2) is 9.33. The van der Waals surface area contributed by atoms with Crippen molar-refractivity contribution in [1.29, 1.82) is 0 Å². The fourth-order valence-corrected chi connectivity index (χ4v) is 5.62. The summed E-state index contributed by atoms with van der Waals surface area (Å²) in [6.07, 6.45) is 6.62. The summed E-state index contributed by atoms with van der Waals surface area (Å²) in [6.45, 7) is 8.21. The molecule has 4 fully saturated rings. The number of ether oxygens (including phenoxy) is 1. The molecule has 9 nitrogen and oxygen atoms in total. The van der Waals surface area contributed by atoms with E-state index >= 15 is 0 Å². The van der Waals surface area contributed by atoms with Gasteiger partial charge < -0.3 is 19.4 Å². The minimum absolute atomic E-state index is 0.0484. The number of nitrogens with zero attached hydrogens (tertiary/aromatic N) is 4. The maximum atomic E-state index is 13.0. The number of nitrogens with one attached hydrogen (secondary N) is 1. The molecule has 1 saturated carbocycles. The lowest BCUT2D eigenvalue weighted by molar-refractivity contribution is -0.140. The Bertz CT molecular complexity index is 853. The van der Waals surface area contributed by atoms with Gasteiger partial charge in [-0.2, -0.15) is 0 Å².